The highest BCUT2D eigenvalue weighted by Crippen LogP contribution is 2.40. The Kier molecular flexibility index (Phi) is 10.7. The van der Waals surface area contributed by atoms with Gasteiger partial charge in [-0.05, 0) is 78.7 Å². The van der Waals surface area contributed by atoms with E-state index in [1.165, 1.54) is 0 Å². The predicted octanol–water partition coefficient (Wildman–Crippen LogP) is 6.88. The first-order valence-corrected chi connectivity index (χ1v) is 16.6. The first-order chi connectivity index (χ1) is 23.0. The molecule has 0 atom stereocenters. The van der Waals surface area contributed by atoms with Gasteiger partial charge in [-0.1, -0.05) is 19.6 Å². The molecular formula is C37H49N7O5. The zero-order chi connectivity index (χ0) is 34.0. The molecule has 1 amide bonds. The van der Waals surface area contributed by atoms with E-state index in [1.807, 2.05) is 89.2 Å². The summed E-state index contributed by atoms with van der Waals surface area (Å²) in [7, 11) is 4.01. The van der Waals surface area contributed by atoms with Crippen molar-refractivity contribution in [2.24, 2.45) is 0 Å². The number of pyridine rings is 1. The summed E-state index contributed by atoms with van der Waals surface area (Å²) in [6, 6.07) is 13.4. The number of aryl methyl sites for hydroxylation is 2. The Morgan fingerprint density at radius 2 is 1.86 bits per heavy atom. The molecule has 0 spiro atoms. The van der Waals surface area contributed by atoms with Crippen LogP contribution in [0.4, 0.5) is 33.5 Å². The molecule has 0 aliphatic carbocycles. The van der Waals surface area contributed by atoms with Gasteiger partial charge in [0.15, 0.2) is 0 Å². The molecule has 4 aromatic rings. The largest absolute Gasteiger partial charge is 0.493 e. The summed E-state index contributed by atoms with van der Waals surface area (Å²) in [6.07, 6.45) is 3.82. The lowest BCUT2D eigenvalue weighted by molar-refractivity contribution is 0.0580. The van der Waals surface area contributed by atoms with Crippen molar-refractivity contribution >= 4 is 45.8 Å². The maximum atomic E-state index is 14.4. The average molecular weight is 672 g/mol. The summed E-state index contributed by atoms with van der Waals surface area (Å²) in [4.78, 5) is 42.9. The topological polar surface area (TPSA) is 114 Å². The Morgan fingerprint density at radius 1 is 1.04 bits per heavy atom. The van der Waals surface area contributed by atoms with E-state index in [0.717, 1.165) is 53.8 Å². The van der Waals surface area contributed by atoms with Crippen LogP contribution in [0, 0.1) is 6.92 Å². The predicted molar refractivity (Wildman–Crippen MR) is 195 cm³/mol. The summed E-state index contributed by atoms with van der Waals surface area (Å²) >= 11 is 0. The van der Waals surface area contributed by atoms with Crippen LogP contribution in [-0.2, 0) is 11.3 Å². The number of para-hydroxylation sites is 1. The zero-order valence-corrected chi connectivity index (χ0v) is 28.7. The summed E-state index contributed by atoms with van der Waals surface area (Å²) in [5, 5.41) is 4.05. The molecule has 12 nitrogen and oxygen atoms in total. The van der Waals surface area contributed by atoms with Gasteiger partial charge in [0.05, 0.1) is 18.0 Å². The van der Waals surface area contributed by atoms with Gasteiger partial charge in [-0.25, -0.2) is 9.78 Å². The fourth-order valence-corrected chi connectivity index (χ4v) is 6.02. The molecule has 4 bridgehead atoms. The van der Waals surface area contributed by atoms with E-state index in [1.54, 1.807) is 15.7 Å². The van der Waals surface area contributed by atoms with Crippen LogP contribution in [0.2, 0.25) is 0 Å². The highest BCUT2D eigenvalue weighted by Gasteiger charge is 2.33. The van der Waals surface area contributed by atoms with Crippen molar-refractivity contribution in [3.63, 3.8) is 0 Å². The quantitative estimate of drug-likeness (QED) is 0.241. The van der Waals surface area contributed by atoms with Crippen molar-refractivity contribution < 1.29 is 19.0 Å². The van der Waals surface area contributed by atoms with E-state index in [2.05, 4.69) is 15.2 Å². The molecule has 49 heavy (non-hydrogen) atoms. The Morgan fingerprint density at radius 3 is 2.63 bits per heavy atom. The van der Waals surface area contributed by atoms with Crippen molar-refractivity contribution in [3.05, 3.63) is 64.6 Å². The molecule has 12 heteroatoms. The van der Waals surface area contributed by atoms with Crippen molar-refractivity contribution in [2.75, 3.05) is 62.1 Å². The molecule has 0 fully saturated rings. The van der Waals surface area contributed by atoms with Gasteiger partial charge < -0.3 is 29.3 Å². The Bertz CT molecular complexity index is 1870. The molecular weight excluding hydrogens is 622 g/mol. The summed E-state index contributed by atoms with van der Waals surface area (Å²) in [5.41, 5.74) is 3.45. The second-order valence-corrected chi connectivity index (χ2v) is 13.6. The minimum absolute atomic E-state index is 0. The molecule has 4 heterocycles. The number of hydrogen-bond acceptors (Lipinski definition) is 10. The number of amides is 1. The van der Waals surface area contributed by atoms with E-state index in [9.17, 15) is 9.59 Å². The van der Waals surface area contributed by atoms with E-state index in [0.29, 0.717) is 61.6 Å². The van der Waals surface area contributed by atoms with E-state index >= 15 is 0 Å². The lowest BCUT2D eigenvalue weighted by atomic mass is 10.1. The van der Waals surface area contributed by atoms with Gasteiger partial charge in [-0.3, -0.25) is 14.3 Å². The molecule has 0 saturated carbocycles. The Balaban J connectivity index is 0.00000468. The lowest BCUT2D eigenvalue weighted by Crippen LogP contribution is -2.46. The summed E-state index contributed by atoms with van der Waals surface area (Å²) in [6.45, 7) is 10.7. The molecule has 262 valence electrons. The number of hydrogen-bond donors (Lipinski definition) is 1. The van der Waals surface area contributed by atoms with Crippen LogP contribution in [0.1, 0.15) is 53.0 Å². The third kappa shape index (κ3) is 8.07. The number of anilines is 5. The number of carbonyl (C=O) groups excluding carboxylic acids is 1. The van der Waals surface area contributed by atoms with Gasteiger partial charge in [-0.2, -0.15) is 4.98 Å². The summed E-state index contributed by atoms with van der Waals surface area (Å²) in [5.74, 6) is 1.76. The zero-order valence-electron chi connectivity index (χ0n) is 28.7. The SMILES string of the molecule is C.Cc1cccc2c1N(C(=O)OC(C)(C)C)CCN2c1cc2cnc3nc2n(c1=O)CCCCCOc1cc(cc(OCCN(C)C)c1)N3. The number of carbonyl (C=O) groups is 1. The molecule has 2 aromatic carbocycles. The third-order valence-electron chi connectivity index (χ3n) is 8.28. The summed E-state index contributed by atoms with van der Waals surface area (Å²) < 4.78 is 19.6. The second kappa shape index (κ2) is 14.7. The van der Waals surface area contributed by atoms with Crippen LogP contribution >= 0.6 is 0 Å². The molecule has 2 aliphatic rings. The van der Waals surface area contributed by atoms with Crippen LogP contribution in [0.25, 0.3) is 11.0 Å². The minimum atomic E-state index is -0.633. The normalized spacial score (nSPS) is 14.8. The van der Waals surface area contributed by atoms with Gasteiger partial charge >= 0.3 is 6.09 Å². The third-order valence-corrected chi connectivity index (χ3v) is 8.28. The fraction of sp³-hybridized carbons (Fsp3) is 0.459. The van der Waals surface area contributed by atoms with Crippen LogP contribution < -0.4 is 30.1 Å². The van der Waals surface area contributed by atoms with Crippen LogP contribution in [0.15, 0.2) is 53.5 Å². The van der Waals surface area contributed by atoms with Crippen molar-refractivity contribution in [2.45, 2.75) is 66.5 Å². The van der Waals surface area contributed by atoms with E-state index in [4.69, 9.17) is 19.2 Å². The highest BCUT2D eigenvalue weighted by molar-refractivity contribution is 5.97. The average Bonchev–Trinajstić information content (AvgIpc) is 3.02. The van der Waals surface area contributed by atoms with Gasteiger partial charge in [0.25, 0.3) is 5.56 Å². The fourth-order valence-electron chi connectivity index (χ4n) is 6.02. The Labute approximate surface area is 288 Å². The number of rotatable bonds is 5. The van der Waals surface area contributed by atoms with Gasteiger partial charge in [0.1, 0.15) is 35.0 Å². The number of aromatic nitrogens is 3. The van der Waals surface area contributed by atoms with Crippen LogP contribution in [0.5, 0.6) is 11.5 Å². The van der Waals surface area contributed by atoms with Gasteiger partial charge in [-0.15, -0.1) is 0 Å². The number of likely N-dealkylation sites (N-methyl/N-ethyl adjacent to an activating group) is 1. The van der Waals surface area contributed by atoms with Crippen molar-refractivity contribution in [1.29, 1.82) is 0 Å². The number of nitrogens with one attached hydrogen (secondary N) is 1. The lowest BCUT2D eigenvalue weighted by Gasteiger charge is -2.39. The van der Waals surface area contributed by atoms with Crippen molar-refractivity contribution in [1.82, 2.24) is 19.4 Å². The highest BCUT2D eigenvalue weighted by atomic mass is 16.6. The second-order valence-electron chi connectivity index (χ2n) is 13.6. The number of nitrogens with zero attached hydrogens (tertiary/aromatic N) is 6. The van der Waals surface area contributed by atoms with Crippen LogP contribution in [-0.4, -0.2) is 78.1 Å². The van der Waals surface area contributed by atoms with Gasteiger partial charge in [0.2, 0.25) is 5.95 Å². The molecule has 0 saturated heterocycles. The van der Waals surface area contributed by atoms with E-state index < -0.39 is 11.7 Å². The molecule has 2 aliphatic heterocycles. The molecule has 6 rings (SSSR count). The maximum Gasteiger partial charge on any atom is 0.414 e. The first-order valence-electron chi connectivity index (χ1n) is 16.6. The maximum absolute atomic E-state index is 14.4. The number of fused-ring (bicyclic) bond motifs is 4. The molecule has 2 aromatic heterocycles. The van der Waals surface area contributed by atoms with Crippen LogP contribution in [0.3, 0.4) is 0 Å². The molecule has 1 N–H and O–H groups in total. The smallest absolute Gasteiger partial charge is 0.414 e. The monoisotopic (exact) mass is 671 g/mol. The van der Waals surface area contributed by atoms with E-state index in [-0.39, 0.29) is 13.0 Å². The minimum Gasteiger partial charge on any atom is -0.493 e. The number of ether oxygens (including phenoxy) is 3. The van der Waals surface area contributed by atoms with Gasteiger partial charge in [0, 0.05) is 61.6 Å². The number of benzene rings is 2. The standard InChI is InChI=1S/C36H45N7O5.CH4/c1-24-11-10-12-29-31(24)42(35(45)48-36(2,3)4)15-14-41(29)30-19-25-23-37-34-38-26-20-27(22-28(21-26)47-18-16-40(5)6)46-17-9-7-8-13-43(33(30)44)32(25)39-34;/h10-12,19-23H,7-9,13-18H2,1-6H3,(H,37,38,39);1H4. The Hall–Kier alpha value is -4.84. The molecule has 0 unspecified atom stereocenters. The van der Waals surface area contributed by atoms with Crippen molar-refractivity contribution in [3.8, 4) is 11.5 Å². The molecule has 0 radical (unpaired) electrons. The first kappa shape index (κ1) is 35.5.